The van der Waals surface area contributed by atoms with Gasteiger partial charge < -0.3 is 23.8 Å². The number of fused-ring (bicyclic) bond motifs is 3. The maximum Gasteiger partial charge on any atom is 0.407 e. The summed E-state index contributed by atoms with van der Waals surface area (Å²) in [6.45, 7) is 17.0. The van der Waals surface area contributed by atoms with Crippen molar-refractivity contribution in [3.8, 4) is 0 Å². The second-order valence-electron chi connectivity index (χ2n) is 12.9. The molecule has 12 heteroatoms. The monoisotopic (exact) mass is 523 g/mol. The van der Waals surface area contributed by atoms with E-state index in [0.29, 0.717) is 37.7 Å². The first-order chi connectivity index (χ1) is 16.5. The van der Waals surface area contributed by atoms with Gasteiger partial charge in [0.1, 0.15) is 17.7 Å². The standard InChI is InChI=1S/C24H41N5O6Si/c1-22(2,3)34-20(30)25-12-9-16(35-36(7,8)23(4,5)6)19-27-26-18(33-19)15-13-24(10-11-24)17-14-28(15)21(31)29(17)32/h15-17,32H,9-14H2,1-8H3,(H,25,30)/t15-,16-,17-/m0/s1. The third-order valence-corrected chi connectivity index (χ3v) is 12.5. The molecule has 3 aliphatic rings. The first-order valence-corrected chi connectivity index (χ1v) is 15.7. The Morgan fingerprint density at radius 1 is 1.25 bits per heavy atom. The molecule has 2 aliphatic heterocycles. The lowest BCUT2D eigenvalue weighted by molar-refractivity contribution is -0.0783. The maximum absolute atomic E-state index is 12.7. The van der Waals surface area contributed by atoms with E-state index < -0.39 is 32.1 Å². The number of alkyl carbamates (subject to hydrolysis) is 1. The lowest BCUT2D eigenvalue weighted by atomic mass is 9.85. The van der Waals surface area contributed by atoms with Gasteiger partial charge in [0.2, 0.25) is 11.8 Å². The predicted molar refractivity (Wildman–Crippen MR) is 133 cm³/mol. The number of ether oxygens (including phenoxy) is 1. The highest BCUT2D eigenvalue weighted by molar-refractivity contribution is 6.74. The van der Waals surface area contributed by atoms with Crippen LogP contribution in [0.1, 0.15) is 91.2 Å². The third-order valence-electron chi connectivity index (χ3n) is 8.02. The first kappa shape index (κ1) is 26.9. The fourth-order valence-electron chi connectivity index (χ4n) is 4.77. The Morgan fingerprint density at radius 3 is 2.50 bits per heavy atom. The molecule has 36 heavy (non-hydrogen) atoms. The molecular formula is C24H41N5O6Si. The van der Waals surface area contributed by atoms with Gasteiger partial charge >= 0.3 is 12.1 Å². The van der Waals surface area contributed by atoms with Crippen LogP contribution in [0.15, 0.2) is 4.42 Å². The van der Waals surface area contributed by atoms with Crippen molar-refractivity contribution < 1.29 is 28.4 Å². The Kier molecular flexibility index (Phi) is 6.70. The minimum Gasteiger partial charge on any atom is -0.444 e. The van der Waals surface area contributed by atoms with Gasteiger partial charge in [-0.2, -0.15) is 0 Å². The molecule has 0 aromatic carbocycles. The van der Waals surface area contributed by atoms with Crippen LogP contribution in [-0.4, -0.2) is 70.5 Å². The Bertz CT molecular complexity index is 996. The van der Waals surface area contributed by atoms with Gasteiger partial charge in [-0.1, -0.05) is 20.8 Å². The number of hydroxylamine groups is 2. The average Bonchev–Trinajstić information content (AvgIpc) is 3.22. The number of hydrogen-bond donors (Lipinski definition) is 2. The molecule has 202 valence electrons. The third kappa shape index (κ3) is 5.26. The quantitative estimate of drug-likeness (QED) is 0.386. The van der Waals surface area contributed by atoms with Crippen molar-refractivity contribution in [3.63, 3.8) is 0 Å². The minimum atomic E-state index is -2.22. The molecule has 11 nitrogen and oxygen atoms in total. The number of carbonyl (C=O) groups is 2. The zero-order valence-electron chi connectivity index (χ0n) is 22.8. The van der Waals surface area contributed by atoms with Crippen LogP contribution in [0.2, 0.25) is 18.1 Å². The van der Waals surface area contributed by atoms with Crippen molar-refractivity contribution in [2.75, 3.05) is 13.1 Å². The second kappa shape index (κ2) is 8.98. The Hall–Kier alpha value is -2.18. The maximum atomic E-state index is 12.7. The summed E-state index contributed by atoms with van der Waals surface area (Å²) in [5.74, 6) is 0.697. The molecule has 2 bridgehead atoms. The van der Waals surface area contributed by atoms with E-state index in [-0.39, 0.29) is 22.5 Å². The van der Waals surface area contributed by atoms with E-state index in [1.807, 2.05) is 20.8 Å². The van der Waals surface area contributed by atoms with Crippen LogP contribution in [-0.2, 0) is 9.16 Å². The van der Waals surface area contributed by atoms with E-state index in [2.05, 4.69) is 49.4 Å². The topological polar surface area (TPSA) is 130 Å². The van der Waals surface area contributed by atoms with Crippen molar-refractivity contribution in [1.82, 2.24) is 25.5 Å². The van der Waals surface area contributed by atoms with E-state index in [0.717, 1.165) is 17.9 Å². The van der Waals surface area contributed by atoms with Crippen molar-refractivity contribution in [1.29, 1.82) is 0 Å². The average molecular weight is 524 g/mol. The number of rotatable bonds is 7. The highest BCUT2D eigenvalue weighted by Crippen LogP contribution is 2.61. The van der Waals surface area contributed by atoms with Gasteiger partial charge in [-0.25, -0.2) is 14.7 Å². The number of nitrogens with one attached hydrogen (secondary N) is 1. The van der Waals surface area contributed by atoms with Gasteiger partial charge in [0.05, 0.1) is 6.04 Å². The molecule has 3 atom stereocenters. The van der Waals surface area contributed by atoms with Gasteiger partial charge in [-0.3, -0.25) is 5.21 Å². The molecule has 1 aliphatic carbocycles. The van der Waals surface area contributed by atoms with Gasteiger partial charge in [0.15, 0.2) is 8.32 Å². The lowest BCUT2D eigenvalue weighted by Crippen LogP contribution is -2.42. The molecule has 2 saturated heterocycles. The Morgan fingerprint density at radius 2 is 1.92 bits per heavy atom. The molecule has 2 N–H and O–H groups in total. The molecule has 1 saturated carbocycles. The highest BCUT2D eigenvalue weighted by Gasteiger charge is 2.63. The summed E-state index contributed by atoms with van der Waals surface area (Å²) < 4.78 is 18.2. The van der Waals surface area contributed by atoms with Crippen LogP contribution >= 0.6 is 0 Å². The second-order valence-corrected chi connectivity index (χ2v) is 17.7. The van der Waals surface area contributed by atoms with E-state index in [4.69, 9.17) is 13.6 Å². The predicted octanol–water partition coefficient (Wildman–Crippen LogP) is 4.77. The summed E-state index contributed by atoms with van der Waals surface area (Å²) in [7, 11) is -2.22. The van der Waals surface area contributed by atoms with Crippen molar-refractivity contribution >= 4 is 20.4 Å². The normalized spacial score (nSPS) is 24.3. The lowest BCUT2D eigenvalue weighted by Gasteiger charge is -2.38. The number of urea groups is 1. The van der Waals surface area contributed by atoms with Crippen LogP contribution in [0, 0.1) is 5.41 Å². The molecular weight excluding hydrogens is 482 g/mol. The van der Waals surface area contributed by atoms with E-state index in [9.17, 15) is 14.8 Å². The molecule has 1 spiro atoms. The van der Waals surface area contributed by atoms with Gasteiger partial charge in [0.25, 0.3) is 0 Å². The van der Waals surface area contributed by atoms with Gasteiger partial charge in [-0.05, 0) is 70.0 Å². The van der Waals surface area contributed by atoms with Crippen molar-refractivity contribution in [3.05, 3.63) is 11.8 Å². The number of nitrogens with zero attached hydrogens (tertiary/aromatic N) is 4. The first-order valence-electron chi connectivity index (χ1n) is 12.8. The Balaban J connectivity index is 1.52. The molecule has 3 heterocycles. The summed E-state index contributed by atoms with van der Waals surface area (Å²) in [4.78, 5) is 26.4. The molecule has 3 fully saturated rings. The number of piperidine rings is 1. The minimum absolute atomic E-state index is 0.0456. The smallest absolute Gasteiger partial charge is 0.407 e. The SMILES string of the molecule is CC(C)(C)OC(=O)NCC[C@H](O[Si](C)(C)C(C)(C)C)c1nnc([C@@H]2CC3(CC3)[C@@H]3CN2C(=O)N3O)o1. The fraction of sp³-hybridized carbons (Fsp3) is 0.833. The molecule has 3 amide bonds. The largest absolute Gasteiger partial charge is 0.444 e. The summed E-state index contributed by atoms with van der Waals surface area (Å²) in [5.41, 5.74) is -0.664. The Labute approximate surface area is 214 Å². The van der Waals surface area contributed by atoms with E-state index >= 15 is 0 Å². The van der Waals surface area contributed by atoms with Crippen molar-refractivity contribution in [2.24, 2.45) is 5.41 Å². The molecule has 1 aromatic heterocycles. The van der Waals surface area contributed by atoms with E-state index in [1.54, 1.807) is 4.90 Å². The van der Waals surface area contributed by atoms with Crippen molar-refractivity contribution in [2.45, 2.75) is 109 Å². The number of aromatic nitrogens is 2. The summed E-state index contributed by atoms with van der Waals surface area (Å²) in [5, 5.41) is 22.6. The van der Waals surface area contributed by atoms with Crippen LogP contribution in [0.4, 0.5) is 9.59 Å². The fourth-order valence-corrected chi connectivity index (χ4v) is 6.05. The summed E-state index contributed by atoms with van der Waals surface area (Å²) in [6, 6.07) is -0.954. The van der Waals surface area contributed by atoms with Crippen LogP contribution in [0.25, 0.3) is 0 Å². The van der Waals surface area contributed by atoms with Crippen LogP contribution in [0.3, 0.4) is 0 Å². The van der Waals surface area contributed by atoms with Gasteiger partial charge in [0, 0.05) is 13.1 Å². The molecule has 0 radical (unpaired) electrons. The number of carbonyl (C=O) groups excluding carboxylic acids is 2. The van der Waals surface area contributed by atoms with Crippen LogP contribution in [0.5, 0.6) is 0 Å². The van der Waals surface area contributed by atoms with Gasteiger partial charge in [-0.15, -0.1) is 10.2 Å². The summed E-state index contributed by atoms with van der Waals surface area (Å²) in [6.07, 6.45) is 2.05. The highest BCUT2D eigenvalue weighted by atomic mass is 28.4. The zero-order chi connectivity index (χ0) is 26.7. The van der Waals surface area contributed by atoms with E-state index in [1.165, 1.54) is 0 Å². The number of amides is 3. The number of hydrogen-bond acceptors (Lipinski definition) is 8. The summed E-state index contributed by atoms with van der Waals surface area (Å²) >= 11 is 0. The zero-order valence-corrected chi connectivity index (χ0v) is 23.8. The molecule has 1 aromatic rings. The van der Waals surface area contributed by atoms with Crippen LogP contribution < -0.4 is 5.32 Å². The molecule has 0 unspecified atom stereocenters. The molecule has 4 rings (SSSR count).